The Morgan fingerprint density at radius 3 is 2.96 bits per heavy atom. The molecule has 0 N–H and O–H groups in total. The fourth-order valence-electron chi connectivity index (χ4n) is 3.64. The molecule has 4 heterocycles. The smallest absolute Gasteiger partial charge is 0.264 e. The molecule has 24 heavy (non-hydrogen) atoms. The van der Waals surface area contributed by atoms with Crippen LogP contribution in [0.15, 0.2) is 41.9 Å². The number of ether oxygens (including phenoxy) is 1. The maximum atomic E-state index is 12.8. The van der Waals surface area contributed by atoms with Crippen molar-refractivity contribution >= 4 is 23.1 Å². The first-order valence-corrected chi connectivity index (χ1v) is 9.20. The van der Waals surface area contributed by atoms with Crippen LogP contribution in [0.5, 0.6) is 0 Å². The van der Waals surface area contributed by atoms with Crippen LogP contribution in [0.4, 0.5) is 5.82 Å². The van der Waals surface area contributed by atoms with Gasteiger partial charge in [0.05, 0.1) is 18.1 Å². The lowest BCUT2D eigenvalue weighted by Crippen LogP contribution is -2.43. The SMILES string of the molecule is O=C(c1cccs1)N1CCOC[C@@]2(CCN(c3ccccn3)C2)C1. The molecular formula is C18H21N3O2S. The van der Waals surface area contributed by atoms with Crippen LogP contribution in [-0.4, -0.2) is 55.2 Å². The molecule has 6 heteroatoms. The second-order valence-electron chi connectivity index (χ2n) is 6.62. The zero-order chi connectivity index (χ0) is 16.4. The maximum Gasteiger partial charge on any atom is 0.264 e. The van der Waals surface area contributed by atoms with Crippen molar-refractivity contribution in [3.8, 4) is 0 Å². The first-order valence-electron chi connectivity index (χ1n) is 8.32. The quantitative estimate of drug-likeness (QED) is 0.841. The van der Waals surface area contributed by atoms with E-state index in [2.05, 4.69) is 9.88 Å². The Morgan fingerprint density at radius 2 is 2.17 bits per heavy atom. The number of amides is 1. The van der Waals surface area contributed by atoms with Crippen LogP contribution in [0, 0.1) is 5.41 Å². The van der Waals surface area contributed by atoms with Crippen molar-refractivity contribution in [3.63, 3.8) is 0 Å². The van der Waals surface area contributed by atoms with Crippen LogP contribution < -0.4 is 4.90 Å². The average molecular weight is 343 g/mol. The first kappa shape index (κ1) is 15.6. The van der Waals surface area contributed by atoms with Crippen molar-refractivity contribution in [1.29, 1.82) is 0 Å². The van der Waals surface area contributed by atoms with Crippen molar-refractivity contribution in [2.24, 2.45) is 5.41 Å². The fraction of sp³-hybridized carbons (Fsp3) is 0.444. The van der Waals surface area contributed by atoms with E-state index in [1.807, 2.05) is 46.8 Å². The Labute approximate surface area is 145 Å². The summed E-state index contributed by atoms with van der Waals surface area (Å²) in [5, 5.41) is 1.95. The molecular weight excluding hydrogens is 322 g/mol. The van der Waals surface area contributed by atoms with E-state index in [1.165, 1.54) is 11.3 Å². The molecule has 2 fully saturated rings. The van der Waals surface area contributed by atoms with Gasteiger partial charge < -0.3 is 14.5 Å². The van der Waals surface area contributed by atoms with Gasteiger partial charge in [0.2, 0.25) is 0 Å². The van der Waals surface area contributed by atoms with Crippen molar-refractivity contribution < 1.29 is 9.53 Å². The van der Waals surface area contributed by atoms with E-state index in [1.54, 1.807) is 0 Å². The van der Waals surface area contributed by atoms with Gasteiger partial charge in [-0.1, -0.05) is 12.1 Å². The molecule has 126 valence electrons. The Morgan fingerprint density at radius 1 is 1.21 bits per heavy atom. The Hall–Kier alpha value is -1.92. The second kappa shape index (κ2) is 6.53. The van der Waals surface area contributed by atoms with Gasteiger partial charge in [-0.2, -0.15) is 0 Å². The van der Waals surface area contributed by atoms with E-state index in [4.69, 9.17) is 4.74 Å². The number of pyridine rings is 1. The molecule has 4 rings (SSSR count). The normalized spacial score (nSPS) is 24.3. The van der Waals surface area contributed by atoms with Gasteiger partial charge in [-0.25, -0.2) is 4.98 Å². The van der Waals surface area contributed by atoms with Crippen LogP contribution in [0.2, 0.25) is 0 Å². The van der Waals surface area contributed by atoms with E-state index >= 15 is 0 Å². The number of aromatic nitrogens is 1. The van der Waals surface area contributed by atoms with E-state index in [-0.39, 0.29) is 11.3 Å². The fourth-order valence-corrected chi connectivity index (χ4v) is 4.33. The molecule has 2 aromatic heterocycles. The Bertz CT molecular complexity index is 692. The van der Waals surface area contributed by atoms with Crippen molar-refractivity contribution in [1.82, 2.24) is 9.88 Å². The predicted molar refractivity (Wildman–Crippen MR) is 94.5 cm³/mol. The lowest BCUT2D eigenvalue weighted by atomic mass is 9.87. The zero-order valence-corrected chi connectivity index (χ0v) is 14.4. The standard InChI is InChI=1S/C18H21N3O2S/c22-17(15-4-3-11-24-15)21-9-10-23-14-18(13-21)6-8-20(12-18)16-5-1-2-7-19-16/h1-5,7,11H,6,8-10,12-14H2/t18-/m1/s1. The largest absolute Gasteiger partial charge is 0.379 e. The van der Waals surface area contributed by atoms with Crippen LogP contribution in [0.3, 0.4) is 0 Å². The van der Waals surface area contributed by atoms with Gasteiger partial charge in [0.15, 0.2) is 0 Å². The van der Waals surface area contributed by atoms with E-state index < -0.39 is 0 Å². The molecule has 1 spiro atoms. The third kappa shape index (κ3) is 3.03. The minimum Gasteiger partial charge on any atom is -0.379 e. The van der Waals surface area contributed by atoms with Gasteiger partial charge in [-0.3, -0.25) is 4.79 Å². The van der Waals surface area contributed by atoms with Crippen molar-refractivity contribution in [3.05, 3.63) is 46.8 Å². The third-order valence-electron chi connectivity index (χ3n) is 4.87. The van der Waals surface area contributed by atoms with Gasteiger partial charge in [0.1, 0.15) is 5.82 Å². The van der Waals surface area contributed by atoms with Gasteiger partial charge >= 0.3 is 0 Å². The highest BCUT2D eigenvalue weighted by molar-refractivity contribution is 7.12. The highest BCUT2D eigenvalue weighted by Crippen LogP contribution is 2.35. The molecule has 2 aliphatic rings. The van der Waals surface area contributed by atoms with Crippen molar-refractivity contribution in [2.45, 2.75) is 6.42 Å². The number of hydrogen-bond donors (Lipinski definition) is 0. The number of carbonyl (C=O) groups is 1. The van der Waals surface area contributed by atoms with E-state index in [0.29, 0.717) is 19.8 Å². The van der Waals surface area contributed by atoms with Crippen LogP contribution in [0.25, 0.3) is 0 Å². The van der Waals surface area contributed by atoms with E-state index in [9.17, 15) is 4.79 Å². The lowest BCUT2D eigenvalue weighted by Gasteiger charge is -2.31. The van der Waals surface area contributed by atoms with Crippen LogP contribution >= 0.6 is 11.3 Å². The average Bonchev–Trinajstić information content (AvgIpc) is 3.24. The number of hydrogen-bond acceptors (Lipinski definition) is 5. The molecule has 5 nitrogen and oxygen atoms in total. The van der Waals surface area contributed by atoms with Gasteiger partial charge in [-0.05, 0) is 30.0 Å². The molecule has 2 aromatic rings. The van der Waals surface area contributed by atoms with Crippen LogP contribution in [-0.2, 0) is 4.74 Å². The molecule has 0 saturated carbocycles. The zero-order valence-electron chi connectivity index (χ0n) is 13.6. The summed E-state index contributed by atoms with van der Waals surface area (Å²) in [6.07, 6.45) is 2.86. The predicted octanol–water partition coefficient (Wildman–Crippen LogP) is 2.51. The summed E-state index contributed by atoms with van der Waals surface area (Å²) in [6, 6.07) is 9.83. The summed E-state index contributed by atoms with van der Waals surface area (Å²) in [5.74, 6) is 1.14. The summed E-state index contributed by atoms with van der Waals surface area (Å²) < 4.78 is 5.88. The molecule has 2 saturated heterocycles. The van der Waals surface area contributed by atoms with Crippen LogP contribution in [0.1, 0.15) is 16.1 Å². The molecule has 1 atom stereocenters. The third-order valence-corrected chi connectivity index (χ3v) is 5.73. The minimum atomic E-state index is 0.000933. The molecule has 0 unspecified atom stereocenters. The molecule has 0 radical (unpaired) electrons. The van der Waals surface area contributed by atoms with Crippen molar-refractivity contribution in [2.75, 3.05) is 44.3 Å². The van der Waals surface area contributed by atoms with E-state index in [0.717, 1.165) is 36.8 Å². The topological polar surface area (TPSA) is 45.7 Å². The first-order chi connectivity index (χ1) is 11.8. The monoisotopic (exact) mass is 343 g/mol. The maximum absolute atomic E-state index is 12.8. The second-order valence-corrected chi connectivity index (χ2v) is 7.56. The number of anilines is 1. The Balaban J connectivity index is 1.51. The molecule has 1 amide bonds. The Kier molecular flexibility index (Phi) is 4.24. The van der Waals surface area contributed by atoms with Gasteiger partial charge in [0.25, 0.3) is 5.91 Å². The number of rotatable bonds is 2. The summed E-state index contributed by atoms with van der Waals surface area (Å²) in [4.78, 5) is 22.3. The number of carbonyl (C=O) groups excluding carboxylic acids is 1. The minimum absolute atomic E-state index is 0.000933. The molecule has 0 aliphatic carbocycles. The summed E-state index contributed by atoms with van der Waals surface area (Å²) in [6.45, 7) is 4.60. The van der Waals surface area contributed by atoms with Gasteiger partial charge in [-0.15, -0.1) is 11.3 Å². The highest BCUT2D eigenvalue weighted by atomic mass is 32.1. The molecule has 0 aromatic carbocycles. The molecule has 0 bridgehead atoms. The van der Waals surface area contributed by atoms with Gasteiger partial charge in [0, 0.05) is 37.8 Å². The summed E-state index contributed by atoms with van der Waals surface area (Å²) in [7, 11) is 0. The lowest BCUT2D eigenvalue weighted by molar-refractivity contribution is 0.0695. The number of nitrogens with zero attached hydrogens (tertiary/aromatic N) is 3. The summed E-state index contributed by atoms with van der Waals surface area (Å²) >= 11 is 1.51. The highest BCUT2D eigenvalue weighted by Gasteiger charge is 2.42. The summed E-state index contributed by atoms with van der Waals surface area (Å²) in [5.41, 5.74) is 0.000933. The number of thiophene rings is 1. The molecule has 2 aliphatic heterocycles.